The Kier molecular flexibility index (Phi) is 18.7. The van der Waals surface area contributed by atoms with E-state index in [4.69, 9.17) is 0 Å². The molecule has 170 valence electrons. The molecule has 2 aromatic carbocycles. The molecule has 0 spiro atoms. The number of halogens is 2. The van der Waals surface area contributed by atoms with Gasteiger partial charge in [0.15, 0.2) is 0 Å². The fraction of sp³-hybridized carbons (Fsp3) is 0.519. The van der Waals surface area contributed by atoms with Crippen LogP contribution in [0.2, 0.25) is 0 Å². The summed E-state index contributed by atoms with van der Waals surface area (Å²) in [7, 11) is 0.0185. The molecule has 3 rings (SSSR count). The number of allylic oxidation sites excluding steroid dienone is 4. The number of rotatable bonds is 8. The molecule has 0 N–H and O–H groups in total. The molecule has 31 heavy (non-hydrogen) atoms. The Labute approximate surface area is 220 Å². The van der Waals surface area contributed by atoms with E-state index in [0.29, 0.717) is 0 Å². The first-order valence-corrected chi connectivity index (χ1v) is 12.8. The monoisotopic (exact) mass is 512 g/mol. The van der Waals surface area contributed by atoms with Crippen LogP contribution in [-0.2, 0) is 21.7 Å². The predicted molar refractivity (Wildman–Crippen MR) is 130 cm³/mol. The Balaban J connectivity index is 0. The molecule has 0 aromatic heterocycles. The van der Waals surface area contributed by atoms with Crippen LogP contribution in [0.4, 0.5) is 0 Å². The topological polar surface area (TPSA) is 0 Å². The molecule has 0 saturated heterocycles. The molecule has 4 heteroatoms. The van der Waals surface area contributed by atoms with E-state index in [-0.39, 0.29) is 54.5 Å². The van der Waals surface area contributed by atoms with Crippen LogP contribution >= 0.6 is 7.92 Å². The molecule has 0 radical (unpaired) electrons. The summed E-state index contributed by atoms with van der Waals surface area (Å²) in [6.07, 6.45) is 13.2. The molecule has 2 aromatic rings. The summed E-state index contributed by atoms with van der Waals surface area (Å²) in [6, 6.07) is 13.6. The number of unbranched alkanes of at least 4 members (excludes halogenated alkanes) is 1. The van der Waals surface area contributed by atoms with E-state index in [0.717, 1.165) is 18.3 Å². The van der Waals surface area contributed by atoms with Gasteiger partial charge in [-0.3, -0.25) is 6.08 Å². The van der Waals surface area contributed by atoms with Crippen molar-refractivity contribution < 1.29 is 46.5 Å². The van der Waals surface area contributed by atoms with Gasteiger partial charge in [-0.25, -0.2) is 11.1 Å². The van der Waals surface area contributed by atoms with Gasteiger partial charge in [0.05, 0.1) is 0 Å². The van der Waals surface area contributed by atoms with Gasteiger partial charge in [0.2, 0.25) is 0 Å². The van der Waals surface area contributed by atoms with Crippen molar-refractivity contribution in [1.29, 1.82) is 0 Å². The van der Waals surface area contributed by atoms with Crippen molar-refractivity contribution in [1.82, 2.24) is 0 Å². The maximum absolute atomic E-state index is 3.37. The predicted octanol–water partition coefficient (Wildman–Crippen LogP) is 2.24. The zero-order valence-electron chi connectivity index (χ0n) is 20.1. The van der Waals surface area contributed by atoms with Crippen molar-refractivity contribution in [3.63, 3.8) is 0 Å². The second-order valence-corrected chi connectivity index (χ2v) is 11.2. The Morgan fingerprint density at radius 3 is 2.13 bits per heavy atom. The third-order valence-corrected chi connectivity index (χ3v) is 8.45. The minimum Gasteiger partial charge on any atom is -1.00 e. The normalized spacial score (nSPS) is 12.5. The van der Waals surface area contributed by atoms with Gasteiger partial charge >= 0.3 is 21.7 Å². The standard InChI is InChI=1S/C17H24P.C10H15.2ClH.Ti/c1-13(2)11-18(12-14(3)4)17-9-15-7-5-6-8-16(15)10-17;1-3-4-7-10-8-5-6-9(10)2;;;/h5-10,13-14H,11-12H2,1-4H3;6H,3-5,7H2,1-2H3;2*1H;/q2*-1;;;+4/p-2. The van der Waals surface area contributed by atoms with E-state index in [1.807, 2.05) is 0 Å². The SMILES string of the molecule is CC(C)CP(CC(C)C)c1cc2ccccc2[cH-]1.CCCCC1=[C-]CC=C1C.[Cl-].[Cl-].[Ti+4]. The Morgan fingerprint density at radius 2 is 1.65 bits per heavy atom. The Bertz CT molecular complexity index is 746. The minimum atomic E-state index is 0. The van der Waals surface area contributed by atoms with Crippen LogP contribution in [0, 0.1) is 17.9 Å². The quantitative estimate of drug-likeness (QED) is 0.289. The van der Waals surface area contributed by atoms with Crippen molar-refractivity contribution in [2.75, 3.05) is 12.3 Å². The zero-order valence-corrected chi connectivity index (χ0v) is 24.1. The number of fused-ring (bicyclic) bond motifs is 1. The molecule has 1 aliphatic carbocycles. The van der Waals surface area contributed by atoms with E-state index in [9.17, 15) is 0 Å². The molecular formula is C27H39Cl2PTi. The van der Waals surface area contributed by atoms with E-state index in [2.05, 4.69) is 90.1 Å². The third-order valence-electron chi connectivity index (χ3n) is 5.12. The second-order valence-electron chi connectivity index (χ2n) is 8.89. The summed E-state index contributed by atoms with van der Waals surface area (Å²) in [5.74, 6) is 1.60. The fourth-order valence-corrected chi connectivity index (χ4v) is 6.69. The smallest absolute Gasteiger partial charge is 1.00 e. The number of hydrogen-bond donors (Lipinski definition) is 0. The average Bonchev–Trinajstić information content (AvgIpc) is 3.25. The Hall–Kier alpha value is 0.0343. The molecule has 0 aliphatic heterocycles. The molecular weight excluding hydrogens is 474 g/mol. The molecule has 1 aliphatic rings. The first-order valence-electron chi connectivity index (χ1n) is 11.1. The summed E-state index contributed by atoms with van der Waals surface area (Å²) in [6.45, 7) is 13.8. The zero-order chi connectivity index (χ0) is 20.5. The maximum atomic E-state index is 3.37. The summed E-state index contributed by atoms with van der Waals surface area (Å²) >= 11 is 0. The molecule has 0 bridgehead atoms. The fourth-order valence-electron chi connectivity index (χ4n) is 3.71. The van der Waals surface area contributed by atoms with E-state index in [1.54, 1.807) is 5.30 Å². The van der Waals surface area contributed by atoms with E-state index < -0.39 is 0 Å². The molecule has 0 unspecified atom stereocenters. The van der Waals surface area contributed by atoms with Gasteiger partial charge in [-0.05, 0) is 24.2 Å². The summed E-state index contributed by atoms with van der Waals surface area (Å²) in [5, 5.41) is 4.42. The first kappa shape index (κ1) is 33.2. The average molecular weight is 513 g/mol. The van der Waals surface area contributed by atoms with E-state index >= 15 is 0 Å². The van der Waals surface area contributed by atoms with Crippen LogP contribution in [0.25, 0.3) is 10.8 Å². The Morgan fingerprint density at radius 1 is 1.03 bits per heavy atom. The molecule has 0 saturated carbocycles. The van der Waals surface area contributed by atoms with Crippen molar-refractivity contribution in [3.8, 4) is 0 Å². The molecule has 0 nitrogen and oxygen atoms in total. The number of benzene rings is 1. The van der Waals surface area contributed by atoms with Crippen LogP contribution in [-0.4, -0.2) is 12.3 Å². The van der Waals surface area contributed by atoms with Gasteiger partial charge in [-0.2, -0.15) is 12.1 Å². The van der Waals surface area contributed by atoms with Crippen LogP contribution in [0.5, 0.6) is 0 Å². The van der Waals surface area contributed by atoms with Gasteiger partial charge in [0.1, 0.15) is 0 Å². The van der Waals surface area contributed by atoms with Gasteiger partial charge in [0, 0.05) is 0 Å². The third kappa shape index (κ3) is 11.6. The maximum Gasteiger partial charge on any atom is 4.00 e. The number of hydrogen-bond acceptors (Lipinski definition) is 0. The van der Waals surface area contributed by atoms with Gasteiger partial charge in [-0.1, -0.05) is 67.9 Å². The van der Waals surface area contributed by atoms with Crippen molar-refractivity contribution in [2.45, 2.75) is 67.2 Å². The van der Waals surface area contributed by atoms with Crippen LogP contribution in [0.3, 0.4) is 0 Å². The minimum absolute atomic E-state index is 0. The largest absolute Gasteiger partial charge is 4.00 e. The summed E-state index contributed by atoms with van der Waals surface area (Å²) < 4.78 is 0. The van der Waals surface area contributed by atoms with Gasteiger partial charge < -0.3 is 24.8 Å². The van der Waals surface area contributed by atoms with Crippen molar-refractivity contribution in [2.24, 2.45) is 11.8 Å². The summed E-state index contributed by atoms with van der Waals surface area (Å²) in [5.41, 5.74) is 2.91. The molecule has 0 fully saturated rings. The van der Waals surface area contributed by atoms with Crippen molar-refractivity contribution in [3.05, 3.63) is 59.7 Å². The first-order chi connectivity index (χ1) is 13.4. The van der Waals surface area contributed by atoms with Gasteiger partial charge in [-0.15, -0.1) is 53.7 Å². The van der Waals surface area contributed by atoms with Crippen LogP contribution in [0.15, 0.2) is 53.6 Å². The van der Waals surface area contributed by atoms with Crippen molar-refractivity contribution >= 4 is 24.0 Å². The molecule has 0 amide bonds. The van der Waals surface area contributed by atoms with Gasteiger partial charge in [0.25, 0.3) is 0 Å². The van der Waals surface area contributed by atoms with Crippen LogP contribution in [0.1, 0.15) is 67.2 Å². The van der Waals surface area contributed by atoms with Crippen LogP contribution < -0.4 is 30.1 Å². The molecule has 0 atom stereocenters. The van der Waals surface area contributed by atoms with E-state index in [1.165, 1.54) is 53.5 Å². The second kappa shape index (κ2) is 17.5. The summed E-state index contributed by atoms with van der Waals surface area (Å²) in [4.78, 5) is 0. The molecule has 0 heterocycles.